The lowest BCUT2D eigenvalue weighted by Gasteiger charge is -2.35. The van der Waals surface area contributed by atoms with Gasteiger partial charge in [-0.05, 0) is 26.2 Å². The molecule has 1 aromatic heterocycles. The van der Waals surface area contributed by atoms with Gasteiger partial charge < -0.3 is 5.32 Å². The van der Waals surface area contributed by atoms with E-state index in [-0.39, 0.29) is 5.54 Å². The average molecular weight is 268 g/mol. The van der Waals surface area contributed by atoms with Crippen LogP contribution in [0.1, 0.15) is 57.9 Å². The fourth-order valence-electron chi connectivity index (χ4n) is 2.71. The standard InChI is InChI=1S/C14H22ClN3/c1-3-7-11-12(15)16-10-17-13(11)18-14(2)8-5-4-6-9-14/h10H,3-9H2,1-2H3,(H,16,17,18). The summed E-state index contributed by atoms with van der Waals surface area (Å²) in [6.45, 7) is 4.44. The van der Waals surface area contributed by atoms with E-state index in [0.717, 1.165) is 24.2 Å². The number of hydrogen-bond donors (Lipinski definition) is 1. The van der Waals surface area contributed by atoms with Crippen LogP contribution >= 0.6 is 11.6 Å². The predicted octanol–water partition coefficient (Wildman–Crippen LogP) is 4.22. The maximum atomic E-state index is 6.18. The van der Waals surface area contributed by atoms with E-state index < -0.39 is 0 Å². The fraction of sp³-hybridized carbons (Fsp3) is 0.714. The van der Waals surface area contributed by atoms with Gasteiger partial charge >= 0.3 is 0 Å². The Labute approximate surface area is 114 Å². The summed E-state index contributed by atoms with van der Waals surface area (Å²) >= 11 is 6.18. The van der Waals surface area contributed by atoms with Gasteiger partial charge in [0.25, 0.3) is 0 Å². The van der Waals surface area contributed by atoms with Crippen LogP contribution in [0, 0.1) is 0 Å². The van der Waals surface area contributed by atoms with E-state index in [9.17, 15) is 0 Å². The van der Waals surface area contributed by atoms with Crippen molar-refractivity contribution in [1.29, 1.82) is 0 Å². The molecule has 1 saturated carbocycles. The van der Waals surface area contributed by atoms with Crippen LogP contribution in [-0.2, 0) is 6.42 Å². The van der Waals surface area contributed by atoms with Crippen LogP contribution in [0.15, 0.2) is 6.33 Å². The van der Waals surface area contributed by atoms with Gasteiger partial charge in [0.2, 0.25) is 0 Å². The molecule has 1 heterocycles. The molecule has 4 heteroatoms. The van der Waals surface area contributed by atoms with E-state index >= 15 is 0 Å². The second-order valence-electron chi connectivity index (χ2n) is 5.49. The molecule has 0 aliphatic heterocycles. The average Bonchev–Trinajstić information content (AvgIpc) is 2.34. The van der Waals surface area contributed by atoms with Crippen molar-refractivity contribution >= 4 is 17.4 Å². The van der Waals surface area contributed by atoms with Crippen molar-refractivity contribution in [3.05, 3.63) is 17.0 Å². The molecular weight excluding hydrogens is 246 g/mol. The summed E-state index contributed by atoms with van der Waals surface area (Å²) in [5, 5.41) is 4.21. The molecule has 1 aliphatic rings. The number of halogens is 1. The van der Waals surface area contributed by atoms with Crippen molar-refractivity contribution in [3.63, 3.8) is 0 Å². The molecule has 0 amide bonds. The lowest BCUT2D eigenvalue weighted by molar-refractivity contribution is 0.348. The fourth-order valence-corrected chi connectivity index (χ4v) is 2.94. The van der Waals surface area contributed by atoms with Crippen molar-refractivity contribution in [1.82, 2.24) is 9.97 Å². The van der Waals surface area contributed by atoms with Crippen LogP contribution in [0.5, 0.6) is 0 Å². The largest absolute Gasteiger partial charge is 0.365 e. The SMILES string of the molecule is CCCc1c(Cl)ncnc1NC1(C)CCCCC1. The van der Waals surface area contributed by atoms with Crippen molar-refractivity contribution in [3.8, 4) is 0 Å². The van der Waals surface area contributed by atoms with Crippen LogP contribution in [0.3, 0.4) is 0 Å². The number of hydrogen-bond acceptors (Lipinski definition) is 3. The van der Waals surface area contributed by atoms with Gasteiger partial charge in [0, 0.05) is 11.1 Å². The molecule has 2 rings (SSSR count). The van der Waals surface area contributed by atoms with Crippen LogP contribution in [-0.4, -0.2) is 15.5 Å². The highest BCUT2D eigenvalue weighted by Crippen LogP contribution is 2.32. The molecule has 18 heavy (non-hydrogen) atoms. The van der Waals surface area contributed by atoms with Gasteiger partial charge in [-0.3, -0.25) is 0 Å². The van der Waals surface area contributed by atoms with Crippen molar-refractivity contribution < 1.29 is 0 Å². The van der Waals surface area contributed by atoms with Crippen molar-refractivity contribution in [2.75, 3.05) is 5.32 Å². The Morgan fingerprint density at radius 3 is 2.67 bits per heavy atom. The maximum Gasteiger partial charge on any atom is 0.137 e. The Kier molecular flexibility index (Phi) is 4.44. The van der Waals surface area contributed by atoms with E-state index in [2.05, 4.69) is 29.1 Å². The topological polar surface area (TPSA) is 37.8 Å². The van der Waals surface area contributed by atoms with Crippen LogP contribution in [0.25, 0.3) is 0 Å². The number of nitrogens with zero attached hydrogens (tertiary/aromatic N) is 2. The second-order valence-corrected chi connectivity index (χ2v) is 5.85. The molecule has 0 aromatic carbocycles. The van der Waals surface area contributed by atoms with Gasteiger partial charge in [-0.15, -0.1) is 0 Å². The molecule has 0 atom stereocenters. The molecule has 0 radical (unpaired) electrons. The normalized spacial score (nSPS) is 18.6. The highest BCUT2D eigenvalue weighted by molar-refractivity contribution is 6.30. The van der Waals surface area contributed by atoms with Gasteiger partial charge in [-0.2, -0.15) is 0 Å². The Bertz CT molecular complexity index is 400. The molecule has 0 spiro atoms. The third-order valence-corrected chi connectivity index (χ3v) is 4.10. The summed E-state index contributed by atoms with van der Waals surface area (Å²) in [5.41, 5.74) is 1.23. The highest BCUT2D eigenvalue weighted by Gasteiger charge is 2.27. The highest BCUT2D eigenvalue weighted by atomic mass is 35.5. The lowest BCUT2D eigenvalue weighted by atomic mass is 9.83. The van der Waals surface area contributed by atoms with Gasteiger partial charge in [0.1, 0.15) is 17.3 Å². The third-order valence-electron chi connectivity index (χ3n) is 3.77. The third kappa shape index (κ3) is 3.14. The summed E-state index contributed by atoms with van der Waals surface area (Å²) in [4.78, 5) is 8.48. The minimum absolute atomic E-state index is 0.165. The zero-order valence-electron chi connectivity index (χ0n) is 11.3. The monoisotopic (exact) mass is 267 g/mol. The van der Waals surface area contributed by atoms with Gasteiger partial charge in [0.15, 0.2) is 0 Å². The first-order chi connectivity index (χ1) is 8.64. The minimum Gasteiger partial charge on any atom is -0.365 e. The zero-order valence-corrected chi connectivity index (χ0v) is 12.1. The molecule has 0 unspecified atom stereocenters. The number of rotatable bonds is 4. The number of nitrogens with one attached hydrogen (secondary N) is 1. The van der Waals surface area contributed by atoms with E-state index in [1.807, 2.05) is 0 Å². The van der Waals surface area contributed by atoms with E-state index in [1.165, 1.54) is 32.1 Å². The van der Waals surface area contributed by atoms with Crippen LogP contribution in [0.2, 0.25) is 5.15 Å². The summed E-state index contributed by atoms with van der Waals surface area (Å²) in [7, 11) is 0. The Hall–Kier alpha value is -0.830. The Balaban J connectivity index is 2.19. The molecule has 1 N–H and O–H groups in total. The first-order valence-corrected chi connectivity index (χ1v) is 7.30. The first-order valence-electron chi connectivity index (χ1n) is 6.92. The summed E-state index contributed by atoms with van der Waals surface area (Å²) in [5.74, 6) is 0.932. The second kappa shape index (κ2) is 5.87. The zero-order chi connectivity index (χ0) is 13.0. The molecule has 0 bridgehead atoms. The summed E-state index contributed by atoms with van der Waals surface area (Å²) in [6, 6.07) is 0. The van der Waals surface area contributed by atoms with Gasteiger partial charge in [-0.25, -0.2) is 9.97 Å². The van der Waals surface area contributed by atoms with E-state index in [0.29, 0.717) is 5.15 Å². The molecule has 0 saturated heterocycles. The predicted molar refractivity (Wildman–Crippen MR) is 76.1 cm³/mol. The van der Waals surface area contributed by atoms with Gasteiger partial charge in [0.05, 0.1) is 0 Å². The van der Waals surface area contributed by atoms with Crippen LogP contribution in [0.4, 0.5) is 5.82 Å². The molecule has 1 fully saturated rings. The molecule has 3 nitrogen and oxygen atoms in total. The molecule has 100 valence electrons. The Morgan fingerprint density at radius 1 is 1.28 bits per heavy atom. The minimum atomic E-state index is 0.165. The van der Waals surface area contributed by atoms with Crippen molar-refractivity contribution in [2.24, 2.45) is 0 Å². The maximum absolute atomic E-state index is 6.18. The first kappa shape index (κ1) is 13.6. The number of aromatic nitrogens is 2. The van der Waals surface area contributed by atoms with E-state index in [4.69, 9.17) is 11.6 Å². The Morgan fingerprint density at radius 2 is 2.00 bits per heavy atom. The van der Waals surface area contributed by atoms with Crippen LogP contribution < -0.4 is 5.32 Å². The van der Waals surface area contributed by atoms with E-state index in [1.54, 1.807) is 6.33 Å². The lowest BCUT2D eigenvalue weighted by Crippen LogP contribution is -2.37. The van der Waals surface area contributed by atoms with Crippen molar-refractivity contribution in [2.45, 2.75) is 64.3 Å². The molecule has 1 aromatic rings. The number of anilines is 1. The quantitative estimate of drug-likeness (QED) is 0.830. The summed E-state index contributed by atoms with van der Waals surface area (Å²) in [6.07, 6.45) is 9.90. The van der Waals surface area contributed by atoms with Gasteiger partial charge in [-0.1, -0.05) is 44.2 Å². The summed E-state index contributed by atoms with van der Waals surface area (Å²) < 4.78 is 0. The molecule has 1 aliphatic carbocycles. The molecular formula is C14H22ClN3. The smallest absolute Gasteiger partial charge is 0.137 e.